The second kappa shape index (κ2) is 12.9. The van der Waals surface area contributed by atoms with E-state index in [1.807, 2.05) is 11.3 Å². The molecule has 0 saturated carbocycles. The van der Waals surface area contributed by atoms with Crippen molar-refractivity contribution in [3.8, 4) is 39.9 Å². The molecule has 12 rings (SSSR count). The lowest BCUT2D eigenvalue weighted by Gasteiger charge is -2.42. The first kappa shape index (κ1) is 35.3. The van der Waals surface area contributed by atoms with Gasteiger partial charge in [0.15, 0.2) is 17.5 Å². The molecule has 3 heterocycles. The molecule has 4 nitrogen and oxygen atoms in total. The van der Waals surface area contributed by atoms with Crippen LogP contribution in [-0.2, 0) is 10.8 Å². The quantitative estimate of drug-likeness (QED) is 0.178. The van der Waals surface area contributed by atoms with E-state index in [0.717, 1.165) is 43.9 Å². The molecule has 0 saturated heterocycles. The number of fused-ring (bicyclic) bond motifs is 9. The minimum absolute atomic E-state index is 0.0888. The van der Waals surface area contributed by atoms with Crippen molar-refractivity contribution in [3.05, 3.63) is 169 Å². The Hall–Kier alpha value is -6.69. The number of hydrogen-bond donors (Lipinski definition) is 0. The zero-order chi connectivity index (χ0) is 40.3. The summed E-state index contributed by atoms with van der Waals surface area (Å²) in [5, 5.41) is 9.57. The molecule has 0 N–H and O–H groups in total. The zero-order valence-corrected chi connectivity index (χ0v) is 34.9. The maximum Gasteiger partial charge on any atom is 0.164 e. The Morgan fingerprint density at radius 1 is 0.433 bits per heavy atom. The van der Waals surface area contributed by atoms with Gasteiger partial charge in [0.1, 0.15) is 0 Å². The molecule has 8 aromatic carbocycles. The molecule has 1 aliphatic carbocycles. The summed E-state index contributed by atoms with van der Waals surface area (Å²) in [5.41, 5.74) is 9.68. The minimum Gasteiger partial charge on any atom is -0.309 e. The van der Waals surface area contributed by atoms with E-state index in [0.29, 0.717) is 17.5 Å². The van der Waals surface area contributed by atoms with Crippen LogP contribution in [0.3, 0.4) is 0 Å². The van der Waals surface area contributed by atoms with E-state index in [1.165, 1.54) is 65.9 Å². The van der Waals surface area contributed by atoms with Gasteiger partial charge in [-0.25, -0.2) is 15.0 Å². The molecular weight excluding hydrogens is 749 g/mol. The Morgan fingerprint density at radius 2 is 1.03 bits per heavy atom. The number of nitrogens with zero attached hydrogens (tertiary/aromatic N) is 4. The van der Waals surface area contributed by atoms with Crippen LogP contribution in [0.25, 0.3) is 103 Å². The third-order valence-corrected chi connectivity index (χ3v) is 14.5. The first-order chi connectivity index (χ1) is 29.2. The van der Waals surface area contributed by atoms with E-state index in [2.05, 4.69) is 190 Å². The SMILES string of the molecule is CC1(C)CCC(C)(C)c2cc3c(cc21)c1ccccc1n3-c1ccc(-c2nc(-c3ccc4sc5ccccc5c4c3)nc(-c3cccc4ccccc34)n2)c2ccccc12. The van der Waals surface area contributed by atoms with E-state index in [1.54, 1.807) is 0 Å². The summed E-state index contributed by atoms with van der Waals surface area (Å²) in [6.07, 6.45) is 2.35. The largest absolute Gasteiger partial charge is 0.309 e. The van der Waals surface area contributed by atoms with Crippen molar-refractivity contribution in [1.82, 2.24) is 19.5 Å². The van der Waals surface area contributed by atoms with Gasteiger partial charge < -0.3 is 4.57 Å². The summed E-state index contributed by atoms with van der Waals surface area (Å²) in [4.78, 5) is 16.0. The van der Waals surface area contributed by atoms with Crippen molar-refractivity contribution in [2.75, 3.05) is 0 Å². The first-order valence-electron chi connectivity index (χ1n) is 21.0. The van der Waals surface area contributed by atoms with Crippen molar-refractivity contribution >= 4 is 74.9 Å². The molecule has 0 unspecified atom stereocenters. The van der Waals surface area contributed by atoms with Crippen LogP contribution in [-0.4, -0.2) is 19.5 Å². The molecule has 60 heavy (non-hydrogen) atoms. The van der Waals surface area contributed by atoms with Gasteiger partial charge in [-0.05, 0) is 106 Å². The third-order valence-electron chi connectivity index (χ3n) is 13.3. The number of aromatic nitrogens is 4. The third kappa shape index (κ3) is 5.32. The van der Waals surface area contributed by atoms with Gasteiger partial charge >= 0.3 is 0 Å². The lowest BCUT2D eigenvalue weighted by atomic mass is 9.63. The maximum absolute atomic E-state index is 5.35. The Kier molecular flexibility index (Phi) is 7.59. The maximum atomic E-state index is 5.35. The van der Waals surface area contributed by atoms with Crippen LogP contribution in [0.1, 0.15) is 51.7 Å². The van der Waals surface area contributed by atoms with Crippen molar-refractivity contribution in [1.29, 1.82) is 0 Å². The molecule has 3 aromatic heterocycles. The second-order valence-corrected chi connectivity index (χ2v) is 18.9. The monoisotopic (exact) mass is 790 g/mol. The summed E-state index contributed by atoms with van der Waals surface area (Å²) in [6, 6.07) is 57.3. The zero-order valence-electron chi connectivity index (χ0n) is 34.1. The van der Waals surface area contributed by atoms with Gasteiger partial charge in [-0.15, -0.1) is 11.3 Å². The molecule has 11 aromatic rings. The molecule has 0 amide bonds. The highest BCUT2D eigenvalue weighted by Crippen LogP contribution is 2.49. The first-order valence-corrected chi connectivity index (χ1v) is 21.8. The summed E-state index contributed by atoms with van der Waals surface area (Å²) in [5.74, 6) is 1.97. The Morgan fingerprint density at radius 3 is 1.83 bits per heavy atom. The fourth-order valence-electron chi connectivity index (χ4n) is 9.99. The Labute approximate surface area is 352 Å². The van der Waals surface area contributed by atoms with E-state index in [4.69, 9.17) is 15.0 Å². The van der Waals surface area contributed by atoms with E-state index >= 15 is 0 Å². The van der Waals surface area contributed by atoms with Crippen LogP contribution in [0.15, 0.2) is 158 Å². The van der Waals surface area contributed by atoms with Gasteiger partial charge in [0.05, 0.1) is 16.7 Å². The smallest absolute Gasteiger partial charge is 0.164 e. The molecule has 0 atom stereocenters. The average molecular weight is 791 g/mol. The van der Waals surface area contributed by atoms with Gasteiger partial charge in [-0.3, -0.25) is 0 Å². The number of para-hydroxylation sites is 1. The van der Waals surface area contributed by atoms with Crippen LogP contribution < -0.4 is 0 Å². The molecule has 288 valence electrons. The second-order valence-electron chi connectivity index (χ2n) is 17.9. The van der Waals surface area contributed by atoms with Crippen molar-refractivity contribution in [3.63, 3.8) is 0 Å². The predicted octanol–water partition coefficient (Wildman–Crippen LogP) is 15.0. The van der Waals surface area contributed by atoms with Gasteiger partial charge in [0.25, 0.3) is 0 Å². The van der Waals surface area contributed by atoms with Crippen molar-refractivity contribution in [2.45, 2.75) is 51.4 Å². The normalized spacial score (nSPS) is 14.8. The molecule has 1 aliphatic rings. The molecule has 5 heteroatoms. The van der Waals surface area contributed by atoms with Gasteiger partial charge in [-0.2, -0.15) is 0 Å². The van der Waals surface area contributed by atoms with Crippen LogP contribution in [0.4, 0.5) is 0 Å². The summed E-state index contributed by atoms with van der Waals surface area (Å²) in [7, 11) is 0. The fourth-order valence-corrected chi connectivity index (χ4v) is 11.1. The van der Waals surface area contributed by atoms with Crippen molar-refractivity contribution < 1.29 is 0 Å². The van der Waals surface area contributed by atoms with Gasteiger partial charge in [0.2, 0.25) is 0 Å². The topological polar surface area (TPSA) is 43.6 Å². The summed E-state index contributed by atoms with van der Waals surface area (Å²) >= 11 is 1.82. The molecule has 0 bridgehead atoms. The highest BCUT2D eigenvalue weighted by Gasteiger charge is 2.38. The van der Waals surface area contributed by atoms with Gasteiger partial charge in [0, 0.05) is 53.0 Å². The van der Waals surface area contributed by atoms with Crippen molar-refractivity contribution in [2.24, 2.45) is 0 Å². The molecule has 0 aliphatic heterocycles. The molecule has 0 radical (unpaired) electrons. The number of thiophene rings is 1. The number of rotatable bonds is 4. The summed E-state index contributed by atoms with van der Waals surface area (Å²) in [6.45, 7) is 9.67. The van der Waals surface area contributed by atoms with E-state index in [9.17, 15) is 0 Å². The summed E-state index contributed by atoms with van der Waals surface area (Å²) < 4.78 is 5.03. The van der Waals surface area contributed by atoms with Crippen LogP contribution in [0.5, 0.6) is 0 Å². The van der Waals surface area contributed by atoms with Gasteiger partial charge in [-0.1, -0.05) is 131 Å². The highest BCUT2D eigenvalue weighted by molar-refractivity contribution is 7.25. The number of benzene rings is 8. The Balaban J connectivity index is 1.11. The fraction of sp³-hybridized carbons (Fsp3) is 0.145. The predicted molar refractivity (Wildman–Crippen MR) is 254 cm³/mol. The standard InChI is InChI=1S/C55H42N4S/c1-54(2)28-29-55(3,4)45-32-48-42(31-44(45)54)38-19-9-11-22-46(38)59(48)47-26-25-41(36-17-7-8-18-37(36)47)53-57-51(34-24-27-50-43(30-34)39-20-10-12-23-49(39)60-50)56-52(58-53)40-21-13-15-33-14-5-6-16-35(33)40/h5-27,30-32H,28-29H2,1-4H3. The molecular formula is C55H42N4S. The molecule has 0 fully saturated rings. The Bertz CT molecular complexity index is 3560. The van der Waals surface area contributed by atoms with Crippen LogP contribution in [0.2, 0.25) is 0 Å². The molecule has 0 spiro atoms. The van der Waals surface area contributed by atoms with E-state index < -0.39 is 0 Å². The minimum atomic E-state index is 0.0888. The highest BCUT2D eigenvalue weighted by atomic mass is 32.1. The average Bonchev–Trinajstić information content (AvgIpc) is 3.82. The lowest BCUT2D eigenvalue weighted by Crippen LogP contribution is -2.33. The van der Waals surface area contributed by atoms with Crippen LogP contribution in [0, 0.1) is 0 Å². The number of hydrogen-bond acceptors (Lipinski definition) is 4. The van der Waals surface area contributed by atoms with Crippen LogP contribution >= 0.6 is 11.3 Å². The lowest BCUT2D eigenvalue weighted by molar-refractivity contribution is 0.332. The van der Waals surface area contributed by atoms with E-state index in [-0.39, 0.29) is 10.8 Å².